The zero-order valence-electron chi connectivity index (χ0n) is 15.3. The molecule has 0 aliphatic carbocycles. The second-order valence-corrected chi connectivity index (χ2v) is 7.07. The van der Waals surface area contributed by atoms with Crippen LogP contribution < -0.4 is 5.32 Å². The van der Waals surface area contributed by atoms with Crippen molar-refractivity contribution in [2.24, 2.45) is 4.99 Å². The molecule has 140 valence electrons. The average Bonchev–Trinajstić information content (AvgIpc) is 3.09. The molecule has 2 heterocycles. The molecule has 3 rings (SSSR count). The SMILES string of the molecule is CN(C)C=NC(=O)c1c(C#N)csc1NC(=O)Cc1cccc2ncccc12. The van der Waals surface area contributed by atoms with Gasteiger partial charge in [-0.1, -0.05) is 18.2 Å². The number of anilines is 1. The summed E-state index contributed by atoms with van der Waals surface area (Å²) in [5.74, 6) is -0.857. The first kappa shape index (κ1) is 19.2. The lowest BCUT2D eigenvalue weighted by Gasteiger charge is -2.08. The zero-order chi connectivity index (χ0) is 20.1. The highest BCUT2D eigenvalue weighted by Gasteiger charge is 2.20. The van der Waals surface area contributed by atoms with Crippen LogP contribution in [-0.2, 0) is 11.2 Å². The van der Waals surface area contributed by atoms with Crippen LogP contribution in [0.3, 0.4) is 0 Å². The molecular weight excluding hydrogens is 374 g/mol. The number of thiophene rings is 1. The Bertz CT molecular complexity index is 1110. The van der Waals surface area contributed by atoms with Gasteiger partial charge in [-0.25, -0.2) is 0 Å². The van der Waals surface area contributed by atoms with Crippen LogP contribution in [0.15, 0.2) is 46.9 Å². The maximum Gasteiger partial charge on any atom is 0.282 e. The third-order valence-electron chi connectivity index (χ3n) is 3.87. The molecule has 1 aromatic carbocycles. The van der Waals surface area contributed by atoms with E-state index in [1.54, 1.807) is 25.2 Å². The highest BCUT2D eigenvalue weighted by molar-refractivity contribution is 7.15. The quantitative estimate of drug-likeness (QED) is 0.532. The van der Waals surface area contributed by atoms with Gasteiger partial charge in [-0.2, -0.15) is 10.3 Å². The summed E-state index contributed by atoms with van der Waals surface area (Å²) >= 11 is 1.13. The Hall–Kier alpha value is -3.57. The van der Waals surface area contributed by atoms with Crippen molar-refractivity contribution in [1.82, 2.24) is 9.88 Å². The number of aliphatic imine (C=N–C) groups is 1. The molecule has 0 unspecified atom stereocenters. The van der Waals surface area contributed by atoms with Crippen LogP contribution in [-0.4, -0.2) is 42.1 Å². The van der Waals surface area contributed by atoms with Gasteiger partial charge in [0.25, 0.3) is 5.91 Å². The molecule has 8 heteroatoms. The third-order valence-corrected chi connectivity index (χ3v) is 4.77. The fraction of sp³-hybridized carbons (Fsp3) is 0.150. The predicted octanol–water partition coefficient (Wildman–Crippen LogP) is 3.08. The number of aromatic nitrogens is 1. The van der Waals surface area contributed by atoms with E-state index in [1.165, 1.54) is 11.7 Å². The summed E-state index contributed by atoms with van der Waals surface area (Å²) in [7, 11) is 3.47. The van der Waals surface area contributed by atoms with Crippen molar-refractivity contribution < 1.29 is 9.59 Å². The summed E-state index contributed by atoms with van der Waals surface area (Å²) in [5, 5.41) is 14.8. The number of pyridine rings is 1. The topological polar surface area (TPSA) is 98.5 Å². The van der Waals surface area contributed by atoms with Crippen LogP contribution in [0.4, 0.5) is 5.00 Å². The van der Waals surface area contributed by atoms with Gasteiger partial charge < -0.3 is 10.2 Å². The number of carbonyl (C=O) groups excluding carboxylic acids is 2. The summed E-state index contributed by atoms with van der Waals surface area (Å²) in [6, 6.07) is 11.3. The number of carbonyl (C=O) groups is 2. The van der Waals surface area contributed by atoms with Gasteiger partial charge in [0, 0.05) is 31.1 Å². The number of fused-ring (bicyclic) bond motifs is 1. The Morgan fingerprint density at radius 1 is 1.32 bits per heavy atom. The van der Waals surface area contributed by atoms with Crippen molar-refractivity contribution >= 4 is 45.4 Å². The van der Waals surface area contributed by atoms with Gasteiger partial charge in [0.2, 0.25) is 5.91 Å². The van der Waals surface area contributed by atoms with Gasteiger partial charge in [0.05, 0.1) is 29.4 Å². The number of nitrogens with zero attached hydrogens (tertiary/aromatic N) is 4. The number of benzene rings is 1. The number of amides is 2. The highest BCUT2D eigenvalue weighted by Crippen LogP contribution is 2.29. The van der Waals surface area contributed by atoms with Crippen LogP contribution in [0, 0.1) is 11.3 Å². The van der Waals surface area contributed by atoms with Crippen molar-refractivity contribution in [2.45, 2.75) is 6.42 Å². The monoisotopic (exact) mass is 391 g/mol. The molecule has 1 N–H and O–H groups in total. The summed E-state index contributed by atoms with van der Waals surface area (Å²) in [6.07, 6.45) is 3.18. The Kier molecular flexibility index (Phi) is 5.77. The molecule has 28 heavy (non-hydrogen) atoms. The zero-order valence-corrected chi connectivity index (χ0v) is 16.2. The second kappa shape index (κ2) is 8.41. The normalized spacial score (nSPS) is 10.8. The molecule has 2 aromatic heterocycles. The van der Waals surface area contributed by atoms with E-state index < -0.39 is 5.91 Å². The molecule has 0 saturated carbocycles. The number of hydrogen-bond acceptors (Lipinski definition) is 5. The molecule has 0 bridgehead atoms. The minimum absolute atomic E-state index is 0.110. The lowest BCUT2D eigenvalue weighted by Crippen LogP contribution is -2.16. The smallest absolute Gasteiger partial charge is 0.282 e. The van der Waals surface area contributed by atoms with Crippen LogP contribution in [0.5, 0.6) is 0 Å². The van der Waals surface area contributed by atoms with Crippen molar-refractivity contribution in [3.05, 3.63) is 58.6 Å². The molecule has 2 amide bonds. The summed E-state index contributed by atoms with van der Waals surface area (Å²) in [6.45, 7) is 0. The highest BCUT2D eigenvalue weighted by atomic mass is 32.1. The molecule has 0 saturated heterocycles. The molecule has 0 aliphatic heterocycles. The van der Waals surface area contributed by atoms with Gasteiger partial charge >= 0.3 is 0 Å². The van der Waals surface area contributed by atoms with Crippen LogP contribution in [0.25, 0.3) is 10.9 Å². The van der Waals surface area contributed by atoms with Crippen molar-refractivity contribution in [3.8, 4) is 6.07 Å². The lowest BCUT2D eigenvalue weighted by molar-refractivity contribution is -0.115. The average molecular weight is 391 g/mol. The first-order chi connectivity index (χ1) is 13.5. The Balaban J connectivity index is 1.84. The molecule has 0 atom stereocenters. The van der Waals surface area contributed by atoms with E-state index in [0.29, 0.717) is 5.00 Å². The largest absolute Gasteiger partial charge is 0.369 e. The summed E-state index contributed by atoms with van der Waals surface area (Å²) < 4.78 is 0. The van der Waals surface area contributed by atoms with E-state index in [0.717, 1.165) is 27.8 Å². The van der Waals surface area contributed by atoms with Crippen LogP contribution >= 0.6 is 11.3 Å². The molecule has 0 radical (unpaired) electrons. The third kappa shape index (κ3) is 4.22. The van der Waals surface area contributed by atoms with E-state index >= 15 is 0 Å². The maximum atomic E-state index is 12.6. The first-order valence-electron chi connectivity index (χ1n) is 8.38. The fourth-order valence-electron chi connectivity index (χ4n) is 2.64. The van der Waals surface area contributed by atoms with E-state index in [1.807, 2.05) is 36.4 Å². The molecule has 0 fully saturated rings. The van der Waals surface area contributed by atoms with E-state index in [9.17, 15) is 14.9 Å². The number of nitriles is 1. The van der Waals surface area contributed by atoms with Gasteiger partial charge in [-0.05, 0) is 17.7 Å². The standard InChI is InChI=1S/C20H17N5O2S/c1-25(2)12-23-19(27)18-14(10-21)11-28-20(18)24-17(26)9-13-5-3-7-16-15(13)6-4-8-22-16/h3-8,11-12H,9H2,1-2H3,(H,24,26). The van der Waals surface area contributed by atoms with Crippen LogP contribution in [0.2, 0.25) is 0 Å². The molecule has 0 spiro atoms. The Morgan fingerprint density at radius 3 is 2.89 bits per heavy atom. The van der Waals surface area contributed by atoms with Crippen molar-refractivity contribution in [1.29, 1.82) is 5.26 Å². The number of rotatable bonds is 5. The van der Waals surface area contributed by atoms with Gasteiger partial charge in [-0.3, -0.25) is 14.6 Å². The van der Waals surface area contributed by atoms with Gasteiger partial charge in [-0.15, -0.1) is 11.3 Å². The summed E-state index contributed by atoms with van der Waals surface area (Å²) in [5.41, 5.74) is 1.94. The Morgan fingerprint density at radius 2 is 2.14 bits per heavy atom. The van der Waals surface area contributed by atoms with Crippen molar-refractivity contribution in [3.63, 3.8) is 0 Å². The fourth-order valence-corrected chi connectivity index (χ4v) is 3.54. The lowest BCUT2D eigenvalue weighted by atomic mass is 10.1. The molecule has 3 aromatic rings. The molecule has 7 nitrogen and oxygen atoms in total. The molecule has 0 aliphatic rings. The second-order valence-electron chi connectivity index (χ2n) is 6.19. The van der Waals surface area contributed by atoms with E-state index in [4.69, 9.17) is 0 Å². The van der Waals surface area contributed by atoms with E-state index in [-0.39, 0.29) is 23.5 Å². The van der Waals surface area contributed by atoms with Crippen molar-refractivity contribution in [2.75, 3.05) is 19.4 Å². The minimum atomic E-state index is -0.573. The van der Waals surface area contributed by atoms with Gasteiger partial charge in [0.15, 0.2) is 0 Å². The maximum absolute atomic E-state index is 12.6. The Labute approximate surface area is 166 Å². The van der Waals surface area contributed by atoms with Crippen LogP contribution in [0.1, 0.15) is 21.5 Å². The first-order valence-corrected chi connectivity index (χ1v) is 9.26. The van der Waals surface area contributed by atoms with Gasteiger partial charge in [0.1, 0.15) is 11.1 Å². The number of hydrogen-bond donors (Lipinski definition) is 1. The predicted molar refractivity (Wildman–Crippen MR) is 110 cm³/mol. The molecular formula is C20H17N5O2S. The summed E-state index contributed by atoms with van der Waals surface area (Å²) in [4.78, 5) is 34.7. The number of nitrogens with one attached hydrogen (secondary N) is 1. The minimum Gasteiger partial charge on any atom is -0.369 e. The van der Waals surface area contributed by atoms with E-state index in [2.05, 4.69) is 15.3 Å².